The molecule has 0 spiro atoms. The van der Waals surface area contributed by atoms with Crippen molar-refractivity contribution in [1.29, 1.82) is 0 Å². The molecular weight excluding hydrogens is 452 g/mol. The Kier molecular flexibility index (Phi) is 6.76. The zero-order valence-corrected chi connectivity index (χ0v) is 21.9. The number of fused-ring (bicyclic) bond motifs is 1. The third kappa shape index (κ3) is 4.78. The Morgan fingerprint density at radius 3 is 2.50 bits per heavy atom. The molecule has 2 aliphatic rings. The first-order valence-corrected chi connectivity index (χ1v) is 12.3. The van der Waals surface area contributed by atoms with Crippen molar-refractivity contribution in [3.8, 4) is 0 Å². The first-order valence-electron chi connectivity index (χ1n) is 12.3. The molecule has 7 heteroatoms. The van der Waals surface area contributed by atoms with Crippen molar-refractivity contribution in [2.45, 2.75) is 53.5 Å². The van der Waals surface area contributed by atoms with Crippen LogP contribution in [-0.2, 0) is 9.59 Å². The van der Waals surface area contributed by atoms with Crippen LogP contribution in [0.4, 0.5) is 16.2 Å². The summed E-state index contributed by atoms with van der Waals surface area (Å²) in [7, 11) is 0. The van der Waals surface area contributed by atoms with Gasteiger partial charge in [0.2, 0.25) is 5.91 Å². The smallest absolute Gasteiger partial charge is 0.329 e. The summed E-state index contributed by atoms with van der Waals surface area (Å²) in [6, 6.07) is 11.0. The van der Waals surface area contributed by atoms with Crippen LogP contribution in [0.1, 0.15) is 56.4 Å². The number of amides is 4. The molecule has 2 aliphatic heterocycles. The second-order valence-corrected chi connectivity index (χ2v) is 10.1. The van der Waals surface area contributed by atoms with E-state index >= 15 is 0 Å². The first kappa shape index (κ1) is 25.2. The summed E-state index contributed by atoms with van der Waals surface area (Å²) in [6.07, 6.45) is 5.01. The molecule has 2 heterocycles. The highest BCUT2D eigenvalue weighted by Crippen LogP contribution is 2.40. The second kappa shape index (κ2) is 9.64. The van der Waals surface area contributed by atoms with Crippen molar-refractivity contribution >= 4 is 40.9 Å². The van der Waals surface area contributed by atoms with Crippen LogP contribution in [0, 0.1) is 13.8 Å². The van der Waals surface area contributed by atoms with E-state index < -0.39 is 17.8 Å². The molecule has 0 atom stereocenters. The number of hydrogen-bond donors (Lipinski definition) is 2. The van der Waals surface area contributed by atoms with Gasteiger partial charge in [0.1, 0.15) is 12.2 Å². The number of carbonyl (C=O) groups excluding carboxylic acids is 3. The van der Waals surface area contributed by atoms with Gasteiger partial charge in [-0.1, -0.05) is 31.2 Å². The van der Waals surface area contributed by atoms with Crippen LogP contribution in [0.5, 0.6) is 0 Å². The van der Waals surface area contributed by atoms with Crippen LogP contribution >= 0.6 is 0 Å². The summed E-state index contributed by atoms with van der Waals surface area (Å²) >= 11 is 0. The molecule has 188 valence electrons. The Hall–Kier alpha value is -3.87. The maximum atomic E-state index is 13.0. The fourth-order valence-corrected chi connectivity index (χ4v) is 4.95. The minimum Gasteiger partial charge on any atom is -0.362 e. The van der Waals surface area contributed by atoms with E-state index in [1.807, 2.05) is 32.0 Å². The van der Waals surface area contributed by atoms with Crippen LogP contribution in [0.3, 0.4) is 0 Å². The number of imide groups is 1. The predicted molar refractivity (Wildman–Crippen MR) is 145 cm³/mol. The molecule has 4 amide bonds. The molecule has 1 saturated heterocycles. The lowest BCUT2D eigenvalue weighted by molar-refractivity contribution is -0.127. The average molecular weight is 487 g/mol. The lowest BCUT2D eigenvalue weighted by Gasteiger charge is -2.43. The molecule has 2 aromatic carbocycles. The largest absolute Gasteiger partial charge is 0.362 e. The van der Waals surface area contributed by atoms with Gasteiger partial charge in [-0.3, -0.25) is 9.59 Å². The van der Waals surface area contributed by atoms with Gasteiger partial charge in [0, 0.05) is 23.5 Å². The van der Waals surface area contributed by atoms with Crippen molar-refractivity contribution in [1.82, 2.24) is 10.2 Å². The fourth-order valence-electron chi connectivity index (χ4n) is 4.95. The minimum absolute atomic E-state index is 0.0890. The number of rotatable bonds is 6. The normalized spacial score (nSPS) is 17.7. The number of hydrogen-bond acceptors (Lipinski definition) is 4. The highest BCUT2D eigenvalue weighted by atomic mass is 16.2. The van der Waals surface area contributed by atoms with Gasteiger partial charge in [-0.2, -0.15) is 0 Å². The van der Waals surface area contributed by atoms with Crippen LogP contribution in [-0.4, -0.2) is 41.4 Å². The van der Waals surface area contributed by atoms with Gasteiger partial charge in [-0.15, -0.1) is 0 Å². The van der Waals surface area contributed by atoms with E-state index in [2.05, 4.69) is 61.4 Å². The minimum atomic E-state index is -0.603. The Bertz CT molecular complexity index is 1310. The Morgan fingerprint density at radius 1 is 1.08 bits per heavy atom. The van der Waals surface area contributed by atoms with Gasteiger partial charge >= 0.3 is 6.03 Å². The summed E-state index contributed by atoms with van der Waals surface area (Å²) < 4.78 is 0. The number of benzene rings is 2. The molecule has 1 fully saturated rings. The topological polar surface area (TPSA) is 81.8 Å². The number of para-hydroxylation sites is 1. The van der Waals surface area contributed by atoms with Crippen molar-refractivity contribution in [2.75, 3.05) is 23.3 Å². The summed E-state index contributed by atoms with van der Waals surface area (Å²) in [6.45, 7) is 13.2. The van der Waals surface area contributed by atoms with Gasteiger partial charge in [-0.25, -0.2) is 9.69 Å². The van der Waals surface area contributed by atoms with Crippen molar-refractivity contribution in [2.24, 2.45) is 0 Å². The average Bonchev–Trinajstić information content (AvgIpc) is 3.06. The van der Waals surface area contributed by atoms with Crippen LogP contribution in [0.2, 0.25) is 0 Å². The van der Waals surface area contributed by atoms with E-state index in [-0.39, 0.29) is 17.8 Å². The Morgan fingerprint density at radius 2 is 1.81 bits per heavy atom. The molecule has 2 N–H and O–H groups in total. The molecular formula is C29H34N4O3. The standard InChI is InChI=1S/C29H34N4O3/c1-7-12-33-25-13-19(3)21(14-22(25)20(4)16-29(33,5)6)15-24-27(35)32(28(36)31-24)17-26(34)30-23-11-9-8-10-18(23)2/h8-11,13-16H,7,12,17H2,1-6H3,(H,30,34)(H,31,36)/b24-15+. The number of nitrogens with zero attached hydrogens (tertiary/aromatic N) is 2. The van der Waals surface area contributed by atoms with Crippen LogP contribution in [0.15, 0.2) is 48.2 Å². The lowest BCUT2D eigenvalue weighted by atomic mass is 9.86. The SMILES string of the molecule is CCCN1c2cc(C)c(/C=C3/NC(=O)N(CC(=O)Nc4ccccc4C)C3=O)cc2C(C)=CC1(C)C. The van der Waals surface area contributed by atoms with E-state index in [0.29, 0.717) is 5.69 Å². The molecule has 0 aromatic heterocycles. The predicted octanol–water partition coefficient (Wildman–Crippen LogP) is 5.25. The molecule has 0 aliphatic carbocycles. The zero-order chi connectivity index (χ0) is 26.2. The molecule has 4 rings (SSSR count). The summed E-state index contributed by atoms with van der Waals surface area (Å²) in [5.41, 5.74) is 6.96. The molecule has 0 unspecified atom stereocenters. The highest BCUT2D eigenvalue weighted by Gasteiger charge is 2.36. The van der Waals surface area contributed by atoms with Gasteiger partial charge in [0.05, 0.1) is 5.54 Å². The number of anilines is 2. The Balaban J connectivity index is 1.58. The highest BCUT2D eigenvalue weighted by molar-refractivity contribution is 6.16. The van der Waals surface area contributed by atoms with E-state index in [1.165, 1.54) is 11.3 Å². The summed E-state index contributed by atoms with van der Waals surface area (Å²) in [5, 5.41) is 5.41. The number of carbonyl (C=O) groups is 3. The molecule has 0 saturated carbocycles. The summed E-state index contributed by atoms with van der Waals surface area (Å²) in [4.78, 5) is 41.5. The van der Waals surface area contributed by atoms with Gasteiger partial charge in [0.15, 0.2) is 0 Å². The second-order valence-electron chi connectivity index (χ2n) is 10.1. The molecule has 7 nitrogen and oxygen atoms in total. The van der Waals surface area contributed by atoms with E-state index in [1.54, 1.807) is 12.1 Å². The maximum Gasteiger partial charge on any atom is 0.329 e. The quantitative estimate of drug-likeness (QED) is 0.432. The Labute approximate surface area is 212 Å². The molecule has 2 aromatic rings. The van der Waals surface area contributed by atoms with E-state index in [4.69, 9.17) is 0 Å². The van der Waals surface area contributed by atoms with Crippen molar-refractivity contribution in [3.63, 3.8) is 0 Å². The van der Waals surface area contributed by atoms with E-state index in [9.17, 15) is 14.4 Å². The first-order chi connectivity index (χ1) is 17.0. The van der Waals surface area contributed by atoms with Gasteiger partial charge in [0.25, 0.3) is 5.91 Å². The van der Waals surface area contributed by atoms with Gasteiger partial charge < -0.3 is 15.5 Å². The zero-order valence-electron chi connectivity index (χ0n) is 21.9. The molecule has 0 radical (unpaired) electrons. The summed E-state index contributed by atoms with van der Waals surface area (Å²) in [5.74, 6) is -0.948. The number of allylic oxidation sites excluding steroid dienone is 1. The third-order valence-corrected chi connectivity index (χ3v) is 6.80. The van der Waals surface area contributed by atoms with Crippen molar-refractivity contribution in [3.05, 3.63) is 70.4 Å². The molecule has 0 bridgehead atoms. The molecule has 36 heavy (non-hydrogen) atoms. The lowest BCUT2D eigenvalue weighted by Crippen LogP contribution is -2.45. The number of urea groups is 1. The van der Waals surface area contributed by atoms with Crippen LogP contribution < -0.4 is 15.5 Å². The monoisotopic (exact) mass is 486 g/mol. The fraction of sp³-hybridized carbons (Fsp3) is 0.345. The van der Waals surface area contributed by atoms with Crippen LogP contribution in [0.25, 0.3) is 11.6 Å². The maximum absolute atomic E-state index is 13.0. The number of aryl methyl sites for hydroxylation is 2. The number of nitrogens with one attached hydrogen (secondary N) is 2. The van der Waals surface area contributed by atoms with E-state index in [0.717, 1.165) is 40.1 Å². The third-order valence-electron chi connectivity index (χ3n) is 6.80. The van der Waals surface area contributed by atoms with Crippen molar-refractivity contribution < 1.29 is 14.4 Å². The van der Waals surface area contributed by atoms with Gasteiger partial charge in [-0.05, 0) is 87.6 Å².